The third kappa shape index (κ3) is 4.13. The number of carbonyl (C=O) groups is 1. The first kappa shape index (κ1) is 14.1. The fourth-order valence-corrected chi connectivity index (χ4v) is 1.66. The number of hydrogen-bond acceptors (Lipinski definition) is 4. The van der Waals surface area contributed by atoms with Gasteiger partial charge in [0.15, 0.2) is 5.69 Å². The lowest BCUT2D eigenvalue weighted by atomic mass is 10.3. The average Bonchev–Trinajstić information content (AvgIpc) is 2.46. The molecule has 0 fully saturated rings. The minimum Gasteiger partial charge on any atom is -0.492 e. The second-order valence-corrected chi connectivity index (χ2v) is 4.38. The fraction of sp³-hybridized carbons (Fsp3) is 0.143. The van der Waals surface area contributed by atoms with E-state index in [1.165, 1.54) is 6.07 Å². The molecule has 0 spiro atoms. The first-order valence-electron chi connectivity index (χ1n) is 5.98. The predicted octanol–water partition coefficient (Wildman–Crippen LogP) is 2.92. The van der Waals surface area contributed by atoms with E-state index in [0.29, 0.717) is 24.0 Å². The molecule has 2 aromatic rings. The van der Waals surface area contributed by atoms with Crippen molar-refractivity contribution in [2.75, 3.05) is 18.5 Å². The van der Waals surface area contributed by atoms with Crippen molar-refractivity contribution < 1.29 is 14.6 Å². The van der Waals surface area contributed by atoms with E-state index in [1.54, 1.807) is 36.4 Å². The number of halogens is 1. The van der Waals surface area contributed by atoms with Gasteiger partial charge < -0.3 is 15.2 Å². The Balaban J connectivity index is 1.79. The van der Waals surface area contributed by atoms with Crippen molar-refractivity contribution in [2.24, 2.45) is 0 Å². The largest absolute Gasteiger partial charge is 0.492 e. The van der Waals surface area contributed by atoms with Gasteiger partial charge in [0.05, 0.1) is 6.54 Å². The highest BCUT2D eigenvalue weighted by atomic mass is 35.5. The van der Waals surface area contributed by atoms with Crippen molar-refractivity contribution >= 4 is 23.4 Å². The van der Waals surface area contributed by atoms with Crippen LogP contribution in [0, 0.1) is 0 Å². The summed E-state index contributed by atoms with van der Waals surface area (Å²) in [6.07, 6.45) is 0. The topological polar surface area (TPSA) is 71.5 Å². The van der Waals surface area contributed by atoms with Crippen molar-refractivity contribution in [3.8, 4) is 5.75 Å². The molecule has 0 radical (unpaired) electrons. The summed E-state index contributed by atoms with van der Waals surface area (Å²) < 4.78 is 5.50. The van der Waals surface area contributed by atoms with Crippen LogP contribution in [0.25, 0.3) is 0 Å². The molecular formula is C14H13ClN2O3. The maximum Gasteiger partial charge on any atom is 0.354 e. The van der Waals surface area contributed by atoms with Gasteiger partial charge in [0.1, 0.15) is 18.2 Å². The van der Waals surface area contributed by atoms with E-state index in [2.05, 4.69) is 10.3 Å². The molecule has 0 unspecified atom stereocenters. The zero-order valence-electron chi connectivity index (χ0n) is 10.5. The van der Waals surface area contributed by atoms with Gasteiger partial charge in [-0.15, -0.1) is 0 Å². The SMILES string of the molecule is O=C(O)c1cccc(NCCOc2ccc(Cl)cc2)n1. The third-order valence-electron chi connectivity index (χ3n) is 2.46. The molecule has 6 heteroatoms. The first-order valence-corrected chi connectivity index (χ1v) is 6.35. The maximum atomic E-state index is 10.8. The monoisotopic (exact) mass is 292 g/mol. The molecule has 0 amide bonds. The van der Waals surface area contributed by atoms with Gasteiger partial charge in [-0.2, -0.15) is 0 Å². The number of carboxylic acids is 1. The third-order valence-corrected chi connectivity index (χ3v) is 2.71. The molecule has 5 nitrogen and oxygen atoms in total. The molecule has 2 N–H and O–H groups in total. The first-order chi connectivity index (χ1) is 9.65. The van der Waals surface area contributed by atoms with E-state index >= 15 is 0 Å². The van der Waals surface area contributed by atoms with E-state index in [9.17, 15) is 4.79 Å². The van der Waals surface area contributed by atoms with Crippen LogP contribution in [0.15, 0.2) is 42.5 Å². The maximum absolute atomic E-state index is 10.8. The number of anilines is 1. The molecule has 2 rings (SSSR count). The average molecular weight is 293 g/mol. The number of carboxylic acid groups (broad SMARTS) is 1. The highest BCUT2D eigenvalue weighted by molar-refractivity contribution is 6.30. The quantitative estimate of drug-likeness (QED) is 0.801. The Hall–Kier alpha value is -2.27. The van der Waals surface area contributed by atoms with Gasteiger partial charge in [0.25, 0.3) is 0 Å². The molecule has 1 aromatic carbocycles. The van der Waals surface area contributed by atoms with Crippen molar-refractivity contribution in [3.63, 3.8) is 0 Å². The Kier molecular flexibility index (Phi) is 4.79. The summed E-state index contributed by atoms with van der Waals surface area (Å²) in [5, 5.41) is 12.5. The number of ether oxygens (including phenoxy) is 1. The summed E-state index contributed by atoms with van der Waals surface area (Å²) >= 11 is 5.77. The van der Waals surface area contributed by atoms with Crippen LogP contribution in [0.4, 0.5) is 5.82 Å². The number of aromatic carboxylic acids is 1. The zero-order valence-corrected chi connectivity index (χ0v) is 11.3. The minimum atomic E-state index is -1.05. The van der Waals surface area contributed by atoms with Crippen LogP contribution in [0.1, 0.15) is 10.5 Å². The second-order valence-electron chi connectivity index (χ2n) is 3.94. The van der Waals surface area contributed by atoms with Gasteiger partial charge in [-0.25, -0.2) is 9.78 Å². The lowest BCUT2D eigenvalue weighted by Gasteiger charge is -2.08. The predicted molar refractivity (Wildman–Crippen MR) is 76.6 cm³/mol. The molecule has 0 saturated heterocycles. The van der Waals surface area contributed by atoms with E-state index in [0.717, 1.165) is 5.75 Å². The second kappa shape index (κ2) is 6.77. The molecule has 0 atom stereocenters. The van der Waals surface area contributed by atoms with Crippen LogP contribution in [0.3, 0.4) is 0 Å². The van der Waals surface area contributed by atoms with Gasteiger partial charge >= 0.3 is 5.97 Å². The van der Waals surface area contributed by atoms with Gasteiger partial charge in [-0.3, -0.25) is 0 Å². The number of pyridine rings is 1. The van der Waals surface area contributed by atoms with Crippen LogP contribution in [-0.2, 0) is 0 Å². The van der Waals surface area contributed by atoms with Gasteiger partial charge in [-0.1, -0.05) is 17.7 Å². The molecular weight excluding hydrogens is 280 g/mol. The van der Waals surface area contributed by atoms with E-state index < -0.39 is 5.97 Å². The standard InChI is InChI=1S/C14H13ClN2O3/c15-10-4-6-11(7-5-10)20-9-8-16-13-3-1-2-12(17-13)14(18)19/h1-7H,8-9H2,(H,16,17)(H,18,19). The lowest BCUT2D eigenvalue weighted by Crippen LogP contribution is -2.13. The highest BCUT2D eigenvalue weighted by Crippen LogP contribution is 2.15. The van der Waals surface area contributed by atoms with E-state index in [4.69, 9.17) is 21.4 Å². The summed E-state index contributed by atoms with van der Waals surface area (Å²) in [4.78, 5) is 14.7. The smallest absolute Gasteiger partial charge is 0.354 e. The number of rotatable bonds is 6. The van der Waals surface area contributed by atoms with Crippen LogP contribution in [-0.4, -0.2) is 29.2 Å². The molecule has 0 aliphatic carbocycles. The summed E-state index contributed by atoms with van der Waals surface area (Å²) in [5.74, 6) is 0.180. The van der Waals surface area contributed by atoms with Gasteiger partial charge in [-0.05, 0) is 36.4 Å². The Labute approximate surface area is 121 Å². The molecule has 104 valence electrons. The summed E-state index contributed by atoms with van der Waals surface area (Å²) in [6.45, 7) is 0.944. The van der Waals surface area contributed by atoms with Crippen LogP contribution in [0.5, 0.6) is 5.75 Å². The number of aromatic nitrogens is 1. The number of nitrogens with one attached hydrogen (secondary N) is 1. The molecule has 0 aliphatic rings. The van der Waals surface area contributed by atoms with Crippen LogP contribution >= 0.6 is 11.6 Å². The molecule has 0 aliphatic heterocycles. The van der Waals surface area contributed by atoms with E-state index in [1.807, 2.05) is 0 Å². The Morgan fingerprint density at radius 2 is 2.00 bits per heavy atom. The fourth-order valence-electron chi connectivity index (χ4n) is 1.53. The number of hydrogen-bond donors (Lipinski definition) is 2. The van der Waals surface area contributed by atoms with Crippen molar-refractivity contribution in [2.45, 2.75) is 0 Å². The van der Waals surface area contributed by atoms with Crippen LogP contribution in [0.2, 0.25) is 5.02 Å². The summed E-state index contributed by atoms with van der Waals surface area (Å²) in [6, 6.07) is 11.9. The van der Waals surface area contributed by atoms with Gasteiger partial charge in [0, 0.05) is 5.02 Å². The Morgan fingerprint density at radius 1 is 1.25 bits per heavy atom. The lowest BCUT2D eigenvalue weighted by molar-refractivity contribution is 0.0690. The minimum absolute atomic E-state index is 0.00798. The van der Waals surface area contributed by atoms with Crippen molar-refractivity contribution in [1.82, 2.24) is 4.98 Å². The normalized spacial score (nSPS) is 10.1. The molecule has 20 heavy (non-hydrogen) atoms. The van der Waals surface area contributed by atoms with Crippen LogP contribution < -0.4 is 10.1 Å². The Morgan fingerprint density at radius 3 is 2.70 bits per heavy atom. The van der Waals surface area contributed by atoms with E-state index in [-0.39, 0.29) is 5.69 Å². The molecule has 1 aromatic heterocycles. The highest BCUT2D eigenvalue weighted by Gasteiger charge is 2.04. The van der Waals surface area contributed by atoms with Crippen molar-refractivity contribution in [3.05, 3.63) is 53.2 Å². The molecule has 1 heterocycles. The number of nitrogens with zero attached hydrogens (tertiary/aromatic N) is 1. The summed E-state index contributed by atoms with van der Waals surface area (Å²) in [7, 11) is 0. The number of benzene rings is 1. The van der Waals surface area contributed by atoms with Gasteiger partial charge in [0.2, 0.25) is 0 Å². The van der Waals surface area contributed by atoms with Crippen molar-refractivity contribution in [1.29, 1.82) is 0 Å². The zero-order chi connectivity index (χ0) is 14.4. The molecule has 0 bridgehead atoms. The summed E-state index contributed by atoms with van der Waals surface area (Å²) in [5.41, 5.74) is 0.00798. The Bertz CT molecular complexity index is 587. The molecule has 0 saturated carbocycles.